The molecule has 1 aliphatic heterocycles. The Hall–Kier alpha value is -1.85. The van der Waals surface area contributed by atoms with Gasteiger partial charge in [-0.2, -0.15) is 0 Å². The van der Waals surface area contributed by atoms with Gasteiger partial charge >= 0.3 is 0 Å². The molecule has 0 radical (unpaired) electrons. The Labute approximate surface area is 155 Å². The van der Waals surface area contributed by atoms with Crippen molar-refractivity contribution in [2.75, 3.05) is 0 Å². The average molecular weight is 359 g/mol. The predicted molar refractivity (Wildman–Crippen MR) is 98.8 cm³/mol. The molecule has 1 heterocycles. The summed E-state index contributed by atoms with van der Waals surface area (Å²) >= 11 is 0. The molecular formula is C21H29NO4. The van der Waals surface area contributed by atoms with Crippen molar-refractivity contribution in [1.82, 2.24) is 5.32 Å². The number of hydrogen-bond acceptors (Lipinski definition) is 4. The maximum absolute atomic E-state index is 12.5. The van der Waals surface area contributed by atoms with E-state index in [1.165, 1.54) is 6.42 Å². The maximum atomic E-state index is 12.5. The Kier molecular flexibility index (Phi) is 6.33. The van der Waals surface area contributed by atoms with E-state index in [-0.39, 0.29) is 24.5 Å². The first-order chi connectivity index (χ1) is 12.5. The van der Waals surface area contributed by atoms with Crippen LogP contribution in [0.2, 0.25) is 0 Å². The third-order valence-corrected chi connectivity index (χ3v) is 5.25. The van der Waals surface area contributed by atoms with Crippen LogP contribution in [0.3, 0.4) is 0 Å². The number of rotatable bonds is 7. The number of ether oxygens (including phenoxy) is 2. The van der Waals surface area contributed by atoms with E-state index in [0.29, 0.717) is 18.3 Å². The summed E-state index contributed by atoms with van der Waals surface area (Å²) in [6, 6.07) is 7.93. The number of aliphatic hydroxyl groups is 1. The molecule has 1 aliphatic carbocycles. The topological polar surface area (TPSA) is 67.8 Å². The molecule has 0 bridgehead atoms. The SMILES string of the molecule is CC(C)[C@@H]1C=C(C(=O)NC2CCC2)O[C@H](OCc2ccc(CO)cc2)C1. The van der Waals surface area contributed by atoms with E-state index >= 15 is 0 Å². The number of hydrogen-bond donors (Lipinski definition) is 2. The number of amides is 1. The normalized spacial score (nSPS) is 23.2. The van der Waals surface area contributed by atoms with Gasteiger partial charge in [0, 0.05) is 12.5 Å². The van der Waals surface area contributed by atoms with Gasteiger partial charge in [0.1, 0.15) is 0 Å². The number of allylic oxidation sites excluding steroid dienone is 1. The number of nitrogens with one attached hydrogen (secondary N) is 1. The van der Waals surface area contributed by atoms with Gasteiger partial charge in [-0.3, -0.25) is 4.79 Å². The van der Waals surface area contributed by atoms with E-state index in [0.717, 1.165) is 30.4 Å². The van der Waals surface area contributed by atoms with Crippen LogP contribution in [-0.4, -0.2) is 23.3 Å². The Morgan fingerprint density at radius 2 is 1.96 bits per heavy atom. The van der Waals surface area contributed by atoms with Gasteiger partial charge in [-0.15, -0.1) is 0 Å². The van der Waals surface area contributed by atoms with E-state index in [9.17, 15) is 4.79 Å². The van der Waals surface area contributed by atoms with Crippen molar-refractivity contribution in [3.05, 3.63) is 47.2 Å². The molecule has 0 spiro atoms. The molecule has 1 saturated carbocycles. The molecule has 0 unspecified atom stereocenters. The molecule has 2 aliphatic rings. The van der Waals surface area contributed by atoms with E-state index in [1.54, 1.807) is 0 Å². The van der Waals surface area contributed by atoms with Crippen LogP contribution in [0, 0.1) is 11.8 Å². The van der Waals surface area contributed by atoms with Crippen molar-refractivity contribution in [1.29, 1.82) is 0 Å². The molecule has 1 aromatic carbocycles. The largest absolute Gasteiger partial charge is 0.459 e. The minimum absolute atomic E-state index is 0.0349. The van der Waals surface area contributed by atoms with Crippen LogP contribution < -0.4 is 5.32 Å². The van der Waals surface area contributed by atoms with Crippen LogP contribution in [0.15, 0.2) is 36.1 Å². The lowest BCUT2D eigenvalue weighted by Crippen LogP contribution is -2.42. The second kappa shape index (κ2) is 8.69. The van der Waals surface area contributed by atoms with E-state index in [2.05, 4.69) is 19.2 Å². The zero-order valence-electron chi connectivity index (χ0n) is 15.6. The maximum Gasteiger partial charge on any atom is 0.286 e. The molecule has 1 aromatic rings. The van der Waals surface area contributed by atoms with Gasteiger partial charge in [-0.25, -0.2) is 0 Å². The van der Waals surface area contributed by atoms with Gasteiger partial charge in [0.25, 0.3) is 5.91 Å². The zero-order valence-corrected chi connectivity index (χ0v) is 15.6. The van der Waals surface area contributed by atoms with E-state index in [1.807, 2.05) is 30.3 Å². The molecular weight excluding hydrogens is 330 g/mol. The van der Waals surface area contributed by atoms with Crippen molar-refractivity contribution in [2.45, 2.75) is 65.1 Å². The average Bonchev–Trinajstić information content (AvgIpc) is 2.63. The first-order valence-electron chi connectivity index (χ1n) is 9.54. The quantitative estimate of drug-likeness (QED) is 0.784. The van der Waals surface area contributed by atoms with Crippen molar-refractivity contribution in [2.24, 2.45) is 11.8 Å². The van der Waals surface area contributed by atoms with Gasteiger partial charge in [0.2, 0.25) is 6.29 Å². The third kappa shape index (κ3) is 4.86. The highest BCUT2D eigenvalue weighted by Gasteiger charge is 2.31. The monoisotopic (exact) mass is 359 g/mol. The summed E-state index contributed by atoms with van der Waals surface area (Å²) in [5, 5.41) is 12.2. The molecule has 5 heteroatoms. The number of carbonyl (C=O) groups excluding carboxylic acids is 1. The minimum atomic E-state index is -0.424. The molecule has 5 nitrogen and oxygen atoms in total. The highest BCUT2D eigenvalue weighted by molar-refractivity contribution is 5.91. The van der Waals surface area contributed by atoms with Crippen LogP contribution >= 0.6 is 0 Å². The second-order valence-electron chi connectivity index (χ2n) is 7.61. The zero-order chi connectivity index (χ0) is 18.5. The second-order valence-corrected chi connectivity index (χ2v) is 7.61. The van der Waals surface area contributed by atoms with Gasteiger partial charge in [-0.05, 0) is 48.3 Å². The molecule has 0 saturated heterocycles. The Morgan fingerprint density at radius 3 is 2.54 bits per heavy atom. The van der Waals surface area contributed by atoms with Crippen LogP contribution in [0.1, 0.15) is 50.7 Å². The van der Waals surface area contributed by atoms with Gasteiger partial charge < -0.3 is 19.9 Å². The molecule has 0 aromatic heterocycles. The molecule has 26 heavy (non-hydrogen) atoms. The van der Waals surface area contributed by atoms with E-state index < -0.39 is 6.29 Å². The summed E-state index contributed by atoms with van der Waals surface area (Å²) < 4.78 is 11.8. The summed E-state index contributed by atoms with van der Waals surface area (Å²) in [4.78, 5) is 12.5. The summed E-state index contributed by atoms with van der Waals surface area (Å²) in [5.74, 6) is 0.941. The molecule has 1 fully saturated rings. The van der Waals surface area contributed by atoms with Crippen molar-refractivity contribution < 1.29 is 19.4 Å². The molecule has 2 atom stereocenters. The minimum Gasteiger partial charge on any atom is -0.459 e. The molecule has 1 amide bonds. The fourth-order valence-corrected chi connectivity index (χ4v) is 3.15. The third-order valence-electron chi connectivity index (χ3n) is 5.25. The Bertz CT molecular complexity index is 634. The number of benzene rings is 1. The van der Waals surface area contributed by atoms with Gasteiger partial charge in [0.15, 0.2) is 5.76 Å². The lowest BCUT2D eigenvalue weighted by molar-refractivity contribution is -0.155. The van der Waals surface area contributed by atoms with Crippen molar-refractivity contribution >= 4 is 5.91 Å². The predicted octanol–water partition coefficient (Wildman–Crippen LogP) is 3.27. The summed E-state index contributed by atoms with van der Waals surface area (Å²) in [5.41, 5.74) is 1.89. The highest BCUT2D eigenvalue weighted by atomic mass is 16.7. The summed E-state index contributed by atoms with van der Waals surface area (Å²) in [6.07, 6.45) is 5.56. The number of carbonyl (C=O) groups is 1. The Balaban J connectivity index is 1.59. The van der Waals surface area contributed by atoms with Crippen LogP contribution in [0.5, 0.6) is 0 Å². The summed E-state index contributed by atoms with van der Waals surface area (Å²) in [7, 11) is 0. The van der Waals surface area contributed by atoms with Crippen molar-refractivity contribution in [3.8, 4) is 0 Å². The van der Waals surface area contributed by atoms with Crippen LogP contribution in [0.25, 0.3) is 0 Å². The molecule has 2 N–H and O–H groups in total. The standard InChI is InChI=1S/C21H29NO4/c1-14(2)17-10-19(21(24)22-18-4-3-5-18)26-20(11-17)25-13-16-8-6-15(12-23)7-9-16/h6-10,14,17-18,20,23H,3-5,11-13H2,1-2H3,(H,22,24)/t17-,20+/m1/s1. The Morgan fingerprint density at radius 1 is 1.27 bits per heavy atom. The van der Waals surface area contributed by atoms with E-state index in [4.69, 9.17) is 14.6 Å². The van der Waals surface area contributed by atoms with Gasteiger partial charge in [0.05, 0.1) is 13.2 Å². The summed E-state index contributed by atoms with van der Waals surface area (Å²) in [6.45, 7) is 4.75. The first-order valence-corrected chi connectivity index (χ1v) is 9.54. The van der Waals surface area contributed by atoms with Gasteiger partial charge in [-0.1, -0.05) is 38.1 Å². The lowest BCUT2D eigenvalue weighted by atomic mass is 9.89. The lowest BCUT2D eigenvalue weighted by Gasteiger charge is -2.32. The fourth-order valence-electron chi connectivity index (χ4n) is 3.15. The molecule has 142 valence electrons. The first kappa shape index (κ1) is 18.9. The smallest absolute Gasteiger partial charge is 0.286 e. The molecule has 3 rings (SSSR count). The van der Waals surface area contributed by atoms with Crippen molar-refractivity contribution in [3.63, 3.8) is 0 Å². The number of aliphatic hydroxyl groups excluding tert-OH is 1. The highest BCUT2D eigenvalue weighted by Crippen LogP contribution is 2.30. The van der Waals surface area contributed by atoms with Crippen LogP contribution in [-0.2, 0) is 27.5 Å². The fraction of sp³-hybridized carbons (Fsp3) is 0.571. The van der Waals surface area contributed by atoms with Crippen LogP contribution in [0.4, 0.5) is 0 Å².